The van der Waals surface area contributed by atoms with Crippen LogP contribution in [-0.4, -0.2) is 21.8 Å². The number of nitrogens with zero attached hydrogens (tertiary/aromatic N) is 3. The molecule has 72 valence electrons. The summed E-state index contributed by atoms with van der Waals surface area (Å²) >= 11 is 7.01. The van der Waals surface area contributed by atoms with E-state index in [1.807, 2.05) is 0 Å². The van der Waals surface area contributed by atoms with E-state index in [0.29, 0.717) is 5.15 Å². The molecule has 0 aliphatic carbocycles. The quantitative estimate of drug-likeness (QED) is 0.703. The van der Waals surface area contributed by atoms with Gasteiger partial charge in [-0.05, 0) is 6.42 Å². The van der Waals surface area contributed by atoms with Crippen LogP contribution in [0, 0.1) is 0 Å². The van der Waals surface area contributed by atoms with Gasteiger partial charge in [-0.3, -0.25) is 0 Å². The number of anilines is 1. The summed E-state index contributed by atoms with van der Waals surface area (Å²) in [5, 5.41) is 0.523. The normalized spacial score (nSPS) is 15.6. The molecule has 0 radical (unpaired) electrons. The molecule has 0 amide bonds. The van der Waals surface area contributed by atoms with Crippen LogP contribution in [0.3, 0.4) is 0 Å². The Morgan fingerprint density at radius 2 is 2.23 bits per heavy atom. The average molecular weight is 238 g/mol. The maximum atomic E-state index is 5.84. The fourth-order valence-corrected chi connectivity index (χ4v) is 1.97. The second-order valence-corrected chi connectivity index (χ2v) is 3.47. The van der Waals surface area contributed by atoms with E-state index in [1.54, 1.807) is 0 Å². The highest BCUT2D eigenvalue weighted by atomic mass is 35.5. The van der Waals surface area contributed by atoms with Gasteiger partial charge < -0.3 is 4.90 Å². The van der Waals surface area contributed by atoms with Crippen LogP contribution < -0.4 is 4.90 Å². The minimum atomic E-state index is 0. The summed E-state index contributed by atoms with van der Waals surface area (Å²) in [5.74, 6) is 0.825. The number of rotatable bonds is 1. The van der Waals surface area contributed by atoms with Crippen LogP contribution in [0.4, 0.5) is 5.82 Å². The van der Waals surface area contributed by atoms with Gasteiger partial charge in [0, 0.05) is 13.1 Å². The molecule has 6 heteroatoms. The molecule has 1 aliphatic rings. The van der Waals surface area contributed by atoms with Crippen LogP contribution in [0.15, 0.2) is 12.2 Å². The number of hydrogen-bond acceptors (Lipinski definition) is 4. The summed E-state index contributed by atoms with van der Waals surface area (Å²) in [6.07, 6.45) is 5.36. The van der Waals surface area contributed by atoms with E-state index in [1.165, 1.54) is 0 Å². The van der Waals surface area contributed by atoms with Crippen molar-refractivity contribution in [2.75, 3.05) is 18.0 Å². The van der Waals surface area contributed by atoms with E-state index in [-0.39, 0.29) is 12.4 Å². The molecule has 2 rings (SSSR count). The third-order valence-electron chi connectivity index (χ3n) is 1.79. The highest BCUT2D eigenvalue weighted by Crippen LogP contribution is 2.23. The van der Waals surface area contributed by atoms with Crippen molar-refractivity contribution in [1.82, 2.24) is 8.75 Å². The second-order valence-electron chi connectivity index (χ2n) is 2.58. The van der Waals surface area contributed by atoms with E-state index in [2.05, 4.69) is 25.8 Å². The highest BCUT2D eigenvalue weighted by molar-refractivity contribution is 6.99. The molecule has 0 saturated heterocycles. The third-order valence-corrected chi connectivity index (χ3v) is 2.66. The van der Waals surface area contributed by atoms with Gasteiger partial charge in [0.25, 0.3) is 0 Å². The van der Waals surface area contributed by atoms with Gasteiger partial charge in [0.05, 0.1) is 11.7 Å². The largest absolute Gasteiger partial charge is 0.349 e. The molecule has 13 heavy (non-hydrogen) atoms. The minimum Gasteiger partial charge on any atom is -0.349 e. The summed E-state index contributed by atoms with van der Waals surface area (Å²) in [6.45, 7) is 1.88. The van der Waals surface area contributed by atoms with Crippen molar-refractivity contribution in [1.29, 1.82) is 0 Å². The molecule has 0 atom stereocenters. The predicted octanol–water partition coefficient (Wildman–Crippen LogP) is 2.38. The maximum Gasteiger partial charge on any atom is 0.187 e. The van der Waals surface area contributed by atoms with Gasteiger partial charge in [0.2, 0.25) is 0 Å². The van der Waals surface area contributed by atoms with E-state index in [9.17, 15) is 0 Å². The number of aromatic nitrogens is 2. The minimum absolute atomic E-state index is 0. The van der Waals surface area contributed by atoms with Crippen LogP contribution in [0.25, 0.3) is 0 Å². The molecule has 2 heterocycles. The lowest BCUT2D eigenvalue weighted by Gasteiger charge is -2.22. The first kappa shape index (κ1) is 10.8. The Kier molecular flexibility index (Phi) is 3.96. The molecule has 0 saturated carbocycles. The van der Waals surface area contributed by atoms with E-state index in [4.69, 9.17) is 11.6 Å². The van der Waals surface area contributed by atoms with Crippen molar-refractivity contribution in [3.63, 3.8) is 0 Å². The van der Waals surface area contributed by atoms with Crippen LogP contribution in [0.2, 0.25) is 5.15 Å². The molecule has 0 spiro atoms. The molecule has 1 aromatic rings. The lowest BCUT2D eigenvalue weighted by atomic mass is 10.2. The smallest absolute Gasteiger partial charge is 0.187 e. The van der Waals surface area contributed by atoms with Crippen molar-refractivity contribution in [2.24, 2.45) is 0 Å². The highest BCUT2D eigenvalue weighted by Gasteiger charge is 2.14. The van der Waals surface area contributed by atoms with Gasteiger partial charge in [-0.15, -0.1) is 12.4 Å². The molecule has 0 fully saturated rings. The molecule has 0 aromatic carbocycles. The molecular weight excluding hydrogens is 229 g/mol. The Bertz CT molecular complexity index is 300. The molecule has 1 aliphatic heterocycles. The predicted molar refractivity (Wildman–Crippen MR) is 58.1 cm³/mol. The number of halogens is 2. The van der Waals surface area contributed by atoms with Crippen molar-refractivity contribution >= 4 is 41.6 Å². The fourth-order valence-electron chi connectivity index (χ4n) is 1.20. The molecular formula is C7H9Cl2N3S. The maximum absolute atomic E-state index is 5.84. The average Bonchev–Trinajstić information content (AvgIpc) is 2.53. The van der Waals surface area contributed by atoms with E-state index >= 15 is 0 Å². The molecule has 0 N–H and O–H groups in total. The lowest BCUT2D eigenvalue weighted by Crippen LogP contribution is -2.27. The summed E-state index contributed by atoms with van der Waals surface area (Å²) in [5.41, 5.74) is 0. The summed E-state index contributed by atoms with van der Waals surface area (Å²) in [4.78, 5) is 2.13. The Hall–Kier alpha value is -0.320. The fraction of sp³-hybridized carbons (Fsp3) is 0.429. The second kappa shape index (κ2) is 4.79. The molecule has 0 unspecified atom stereocenters. The zero-order valence-corrected chi connectivity index (χ0v) is 9.20. The van der Waals surface area contributed by atoms with Crippen LogP contribution in [-0.2, 0) is 0 Å². The van der Waals surface area contributed by atoms with Crippen molar-refractivity contribution in [3.8, 4) is 0 Å². The monoisotopic (exact) mass is 237 g/mol. The standard InChI is InChI=1S/C7H8ClN3S.ClH/c8-6-7(10-12-9-6)11-4-2-1-3-5-11;/h1-2H,3-5H2;1H. The lowest BCUT2D eigenvalue weighted by molar-refractivity contribution is 0.811. The molecule has 1 aromatic heterocycles. The first-order valence-electron chi connectivity index (χ1n) is 3.76. The topological polar surface area (TPSA) is 29.0 Å². The van der Waals surface area contributed by atoms with Gasteiger partial charge in [-0.1, -0.05) is 23.8 Å². The first-order valence-corrected chi connectivity index (χ1v) is 4.87. The molecule has 0 bridgehead atoms. The van der Waals surface area contributed by atoms with Gasteiger partial charge in [0.1, 0.15) is 0 Å². The number of hydrogen-bond donors (Lipinski definition) is 0. The van der Waals surface area contributed by atoms with Gasteiger partial charge in [-0.2, -0.15) is 8.75 Å². The van der Waals surface area contributed by atoms with E-state index in [0.717, 1.165) is 37.1 Å². The van der Waals surface area contributed by atoms with Crippen LogP contribution in [0.1, 0.15) is 6.42 Å². The molecule has 3 nitrogen and oxygen atoms in total. The Balaban J connectivity index is 0.000000845. The van der Waals surface area contributed by atoms with Crippen molar-refractivity contribution in [2.45, 2.75) is 6.42 Å². The summed E-state index contributed by atoms with van der Waals surface area (Å²) < 4.78 is 8.05. The van der Waals surface area contributed by atoms with Crippen molar-refractivity contribution in [3.05, 3.63) is 17.3 Å². The van der Waals surface area contributed by atoms with E-state index < -0.39 is 0 Å². The first-order chi connectivity index (χ1) is 5.88. The zero-order valence-electron chi connectivity index (χ0n) is 6.81. The van der Waals surface area contributed by atoms with Gasteiger partial charge in [-0.25, -0.2) is 0 Å². The Labute approximate surface area is 92.1 Å². The Morgan fingerprint density at radius 3 is 2.77 bits per heavy atom. The third kappa shape index (κ3) is 2.33. The van der Waals surface area contributed by atoms with Crippen LogP contribution in [0.5, 0.6) is 0 Å². The summed E-state index contributed by atoms with van der Waals surface area (Å²) in [6, 6.07) is 0. The Morgan fingerprint density at radius 1 is 1.38 bits per heavy atom. The zero-order chi connectivity index (χ0) is 8.39. The van der Waals surface area contributed by atoms with Gasteiger partial charge in [0.15, 0.2) is 11.0 Å². The SMILES string of the molecule is Cl.Clc1nsnc1N1CC=CCC1. The summed E-state index contributed by atoms with van der Waals surface area (Å²) in [7, 11) is 0. The van der Waals surface area contributed by atoms with Crippen LogP contribution >= 0.6 is 35.7 Å². The van der Waals surface area contributed by atoms with Gasteiger partial charge >= 0.3 is 0 Å². The van der Waals surface area contributed by atoms with Crippen molar-refractivity contribution < 1.29 is 0 Å².